The van der Waals surface area contributed by atoms with Gasteiger partial charge in [-0.2, -0.15) is 19.6 Å². The largest absolute Gasteiger partial charge is 0.460 e. The van der Waals surface area contributed by atoms with Gasteiger partial charge in [-0.1, -0.05) is 31.2 Å². The lowest BCUT2D eigenvalue weighted by Crippen LogP contribution is -2.52. The topological polar surface area (TPSA) is 182 Å². The molecule has 5 heterocycles. The Kier molecular flexibility index (Phi) is 12.5. The number of fused-ring (bicyclic) bond motifs is 2. The van der Waals surface area contributed by atoms with Gasteiger partial charge in [0.05, 0.1) is 19.4 Å². The van der Waals surface area contributed by atoms with E-state index in [-0.39, 0.29) is 43.5 Å². The highest BCUT2D eigenvalue weighted by Gasteiger charge is 2.39. The van der Waals surface area contributed by atoms with E-state index in [4.69, 9.17) is 14.2 Å². The number of amides is 4. The molecule has 16 nitrogen and oxygen atoms in total. The zero-order valence-electron chi connectivity index (χ0n) is 31.9. The monoisotopic (exact) mass is 767 g/mol. The first-order valence-corrected chi connectivity index (χ1v) is 19.4. The van der Waals surface area contributed by atoms with Crippen LogP contribution < -0.4 is 20.7 Å². The van der Waals surface area contributed by atoms with E-state index in [9.17, 15) is 19.2 Å². The Morgan fingerprint density at radius 1 is 0.964 bits per heavy atom. The molecule has 0 spiro atoms. The molecule has 3 aliphatic heterocycles. The molecule has 296 valence electrons. The predicted molar refractivity (Wildman–Crippen MR) is 206 cm³/mol. The number of carbonyl (C=O) groups excluding carboxylic acids is 4. The number of hydrogen-bond donors (Lipinski definition) is 3. The maximum absolute atomic E-state index is 13.1. The van der Waals surface area contributed by atoms with E-state index in [1.54, 1.807) is 15.5 Å². The van der Waals surface area contributed by atoms with E-state index in [0.717, 1.165) is 66.7 Å². The van der Waals surface area contributed by atoms with Crippen molar-refractivity contribution in [3.8, 4) is 6.01 Å². The minimum atomic E-state index is -0.635. The number of nitrogens with one attached hydrogen (secondary N) is 3. The second-order valence-electron chi connectivity index (χ2n) is 14.4. The second kappa shape index (κ2) is 18.0. The summed E-state index contributed by atoms with van der Waals surface area (Å²) in [4.78, 5) is 62.8. The third-order valence-corrected chi connectivity index (χ3v) is 10.4. The molecule has 4 aromatic rings. The van der Waals surface area contributed by atoms with Gasteiger partial charge in [-0.25, -0.2) is 0 Å². The number of nitrogens with zero attached hydrogens (tertiary/aromatic N) is 6. The highest BCUT2D eigenvalue weighted by Crippen LogP contribution is 2.30. The molecule has 2 fully saturated rings. The zero-order chi connectivity index (χ0) is 39.0. The molecule has 1 atom stereocenters. The smallest absolute Gasteiger partial charge is 0.322 e. The second-order valence-corrected chi connectivity index (χ2v) is 14.4. The lowest BCUT2D eigenvalue weighted by Gasteiger charge is -2.29. The molecule has 16 heteroatoms. The molecule has 56 heavy (non-hydrogen) atoms. The minimum Gasteiger partial charge on any atom is -0.460 e. The summed E-state index contributed by atoms with van der Waals surface area (Å²) in [5.74, 6) is -0.611. The standard InChI is InChI=1S/C40H49N9O7/c1-3-27-23-42-49-36(27)45-40(56-30-15-17-47(2)18-16-30)46-39(49)41-22-26-9-11-29(12-10-26)43-35(51)25-55-21-20-54-19-5-7-28-6-4-8-31-32(28)24-48(38(31)53)33-13-14-34(50)44-37(33)52/h4,6,8-12,23,30,33H,3,5,7,13-22,24-25H2,1-2H3,(H,43,51)(H,41,45,46)(H,44,50,52). The predicted octanol–water partition coefficient (Wildman–Crippen LogP) is 3.14. The summed E-state index contributed by atoms with van der Waals surface area (Å²) in [6.07, 6.45) is 6.54. The van der Waals surface area contributed by atoms with Crippen LogP contribution in [0.2, 0.25) is 0 Å². The van der Waals surface area contributed by atoms with Crippen molar-refractivity contribution in [3.63, 3.8) is 0 Å². The minimum absolute atomic E-state index is 0.0775. The molecular formula is C40H49N9O7. The van der Waals surface area contributed by atoms with Gasteiger partial charge in [0.2, 0.25) is 23.7 Å². The van der Waals surface area contributed by atoms with Crippen molar-refractivity contribution >= 4 is 40.9 Å². The Morgan fingerprint density at radius 3 is 2.55 bits per heavy atom. The van der Waals surface area contributed by atoms with E-state index in [0.29, 0.717) is 62.4 Å². The molecule has 2 aromatic carbocycles. The Labute approximate surface area is 325 Å². The van der Waals surface area contributed by atoms with Crippen LogP contribution in [0, 0.1) is 0 Å². The van der Waals surface area contributed by atoms with Crippen LogP contribution >= 0.6 is 0 Å². The summed E-state index contributed by atoms with van der Waals surface area (Å²) in [7, 11) is 2.12. The fraction of sp³-hybridized carbons (Fsp3) is 0.475. The first-order valence-electron chi connectivity index (χ1n) is 19.4. The van der Waals surface area contributed by atoms with Crippen LogP contribution in [-0.4, -0.2) is 112 Å². The van der Waals surface area contributed by atoms with Crippen molar-refractivity contribution in [3.05, 3.63) is 76.5 Å². The van der Waals surface area contributed by atoms with E-state index >= 15 is 0 Å². The van der Waals surface area contributed by atoms with Crippen LogP contribution in [0.1, 0.15) is 71.6 Å². The van der Waals surface area contributed by atoms with Gasteiger partial charge in [0.15, 0.2) is 5.65 Å². The normalized spacial score (nSPS) is 17.6. The summed E-state index contributed by atoms with van der Waals surface area (Å²) in [5.41, 5.74) is 5.97. The first-order chi connectivity index (χ1) is 27.2. The fourth-order valence-electron chi connectivity index (χ4n) is 7.29. The third kappa shape index (κ3) is 9.32. The molecule has 2 aromatic heterocycles. The summed E-state index contributed by atoms with van der Waals surface area (Å²) in [6.45, 7) is 5.86. The van der Waals surface area contributed by atoms with Crippen molar-refractivity contribution in [2.45, 2.75) is 77.1 Å². The lowest BCUT2D eigenvalue weighted by molar-refractivity contribution is -0.137. The summed E-state index contributed by atoms with van der Waals surface area (Å²) in [6, 6.07) is 12.9. The van der Waals surface area contributed by atoms with Crippen LogP contribution in [0.15, 0.2) is 48.7 Å². The summed E-state index contributed by atoms with van der Waals surface area (Å²) < 4.78 is 19.2. The molecule has 0 radical (unpaired) electrons. The maximum atomic E-state index is 13.1. The molecular weight excluding hydrogens is 718 g/mol. The molecule has 4 amide bonds. The van der Waals surface area contributed by atoms with Crippen molar-refractivity contribution in [1.29, 1.82) is 0 Å². The SMILES string of the molecule is CCc1cnn2c(NCc3ccc(NC(=O)COCCOCCCc4cccc5c4CN(C4CCC(=O)NC4=O)C5=O)cc3)nc(OC3CCN(C)CC3)nc12. The number of rotatable bonds is 17. The number of piperidine rings is 2. The van der Waals surface area contributed by atoms with Crippen LogP contribution in [0.4, 0.5) is 11.6 Å². The fourth-order valence-corrected chi connectivity index (χ4v) is 7.29. The quantitative estimate of drug-likeness (QED) is 0.106. The molecule has 7 rings (SSSR count). The van der Waals surface area contributed by atoms with Gasteiger partial charge in [-0.3, -0.25) is 24.5 Å². The van der Waals surface area contributed by atoms with Crippen molar-refractivity contribution < 1.29 is 33.4 Å². The molecule has 0 saturated carbocycles. The number of imide groups is 1. The zero-order valence-corrected chi connectivity index (χ0v) is 31.9. The number of aromatic nitrogens is 4. The Balaban J connectivity index is 0.800. The summed E-state index contributed by atoms with van der Waals surface area (Å²) >= 11 is 0. The average Bonchev–Trinajstić information content (AvgIpc) is 3.77. The molecule has 1 unspecified atom stereocenters. The van der Waals surface area contributed by atoms with Crippen molar-refractivity contribution in [2.75, 3.05) is 57.2 Å². The van der Waals surface area contributed by atoms with Gasteiger partial charge in [-0.15, -0.1) is 0 Å². The van der Waals surface area contributed by atoms with E-state index in [2.05, 4.69) is 49.9 Å². The van der Waals surface area contributed by atoms with Crippen LogP contribution in [0.25, 0.3) is 5.65 Å². The Morgan fingerprint density at radius 2 is 1.77 bits per heavy atom. The Hall–Kier alpha value is -5.45. The molecule has 2 saturated heterocycles. The number of benzene rings is 2. The average molecular weight is 768 g/mol. The number of hydrogen-bond acceptors (Lipinski definition) is 12. The van der Waals surface area contributed by atoms with E-state index < -0.39 is 11.9 Å². The number of aryl methyl sites for hydroxylation is 2. The van der Waals surface area contributed by atoms with E-state index in [1.807, 2.05) is 42.6 Å². The highest BCUT2D eigenvalue weighted by molar-refractivity contribution is 6.05. The number of anilines is 2. The Bertz CT molecular complexity index is 2050. The van der Waals surface area contributed by atoms with Crippen molar-refractivity contribution in [1.82, 2.24) is 34.7 Å². The molecule has 0 aliphatic carbocycles. The number of ether oxygens (including phenoxy) is 3. The van der Waals surface area contributed by atoms with Gasteiger partial charge < -0.3 is 34.6 Å². The van der Waals surface area contributed by atoms with Gasteiger partial charge in [-0.05, 0) is 80.5 Å². The highest BCUT2D eigenvalue weighted by atomic mass is 16.5. The van der Waals surface area contributed by atoms with Gasteiger partial charge in [0.25, 0.3) is 5.91 Å². The third-order valence-electron chi connectivity index (χ3n) is 10.4. The number of carbonyl (C=O) groups is 4. The molecule has 3 aliphatic rings. The summed E-state index contributed by atoms with van der Waals surface area (Å²) in [5, 5.41) is 13.1. The van der Waals surface area contributed by atoms with Crippen molar-refractivity contribution in [2.24, 2.45) is 0 Å². The van der Waals surface area contributed by atoms with Crippen LogP contribution in [-0.2, 0) is 49.8 Å². The van der Waals surface area contributed by atoms with Crippen LogP contribution in [0.5, 0.6) is 6.01 Å². The first kappa shape index (κ1) is 38.8. The van der Waals surface area contributed by atoms with Gasteiger partial charge in [0.1, 0.15) is 18.8 Å². The van der Waals surface area contributed by atoms with Gasteiger partial charge >= 0.3 is 6.01 Å². The maximum Gasteiger partial charge on any atom is 0.322 e. The van der Waals surface area contributed by atoms with Crippen LogP contribution in [0.3, 0.4) is 0 Å². The molecule has 3 N–H and O–H groups in total. The molecule has 0 bridgehead atoms. The lowest BCUT2D eigenvalue weighted by atomic mass is 10.00. The van der Waals surface area contributed by atoms with E-state index in [1.165, 1.54) is 0 Å². The number of likely N-dealkylation sites (tertiary alicyclic amines) is 1. The van der Waals surface area contributed by atoms with Gasteiger partial charge in [0, 0.05) is 56.0 Å².